The van der Waals surface area contributed by atoms with Crippen LogP contribution in [0.2, 0.25) is 5.02 Å². The van der Waals surface area contributed by atoms with Gasteiger partial charge in [0.15, 0.2) is 0 Å². The van der Waals surface area contributed by atoms with Crippen LogP contribution >= 0.6 is 11.6 Å². The number of aromatic nitrogens is 1. The lowest BCUT2D eigenvalue weighted by Crippen LogP contribution is -2.46. The number of hydrogen-bond donors (Lipinski definition) is 3. The summed E-state index contributed by atoms with van der Waals surface area (Å²) in [6.45, 7) is 4.18. The Balaban J connectivity index is 1.90. The van der Waals surface area contributed by atoms with Crippen molar-refractivity contribution in [2.75, 3.05) is 5.01 Å². The van der Waals surface area contributed by atoms with E-state index in [2.05, 4.69) is 29.6 Å². The van der Waals surface area contributed by atoms with Crippen molar-refractivity contribution < 1.29 is 5.11 Å². The lowest BCUT2D eigenvalue weighted by atomic mass is 10.2. The standard InChI is InChI=1S/C15H17ClN4O/c1-9(2)17-14-5-6-20(19-14)15-8-12(16)11-4-3-10(21)7-13(11)18-15/h3-9,14,17,19,21H,1-2H3. The van der Waals surface area contributed by atoms with E-state index >= 15 is 0 Å². The van der Waals surface area contributed by atoms with Gasteiger partial charge in [-0.05, 0) is 32.1 Å². The van der Waals surface area contributed by atoms with Crippen molar-refractivity contribution in [3.8, 4) is 5.75 Å². The fourth-order valence-electron chi connectivity index (χ4n) is 2.29. The molecule has 6 heteroatoms. The lowest BCUT2D eigenvalue weighted by Gasteiger charge is -2.21. The van der Waals surface area contributed by atoms with E-state index in [1.165, 1.54) is 0 Å². The smallest absolute Gasteiger partial charge is 0.149 e. The van der Waals surface area contributed by atoms with Crippen molar-refractivity contribution in [2.45, 2.75) is 26.1 Å². The molecule has 0 fully saturated rings. The van der Waals surface area contributed by atoms with E-state index in [0.717, 1.165) is 5.39 Å². The van der Waals surface area contributed by atoms with Crippen LogP contribution in [-0.4, -0.2) is 22.3 Å². The second kappa shape index (κ2) is 5.52. The Morgan fingerprint density at radius 3 is 2.95 bits per heavy atom. The Morgan fingerprint density at radius 1 is 1.38 bits per heavy atom. The van der Waals surface area contributed by atoms with Crippen molar-refractivity contribution >= 4 is 28.3 Å². The van der Waals surface area contributed by atoms with Gasteiger partial charge in [0.2, 0.25) is 0 Å². The number of nitrogens with zero attached hydrogens (tertiary/aromatic N) is 2. The maximum Gasteiger partial charge on any atom is 0.149 e. The number of rotatable bonds is 3. The van der Waals surface area contributed by atoms with Crippen LogP contribution in [-0.2, 0) is 0 Å². The van der Waals surface area contributed by atoms with Crippen LogP contribution in [0.5, 0.6) is 5.75 Å². The SMILES string of the molecule is CC(C)NC1C=CN(c2cc(Cl)c3ccc(O)cc3n2)N1. The predicted octanol–water partition coefficient (Wildman–Crippen LogP) is 2.76. The van der Waals surface area contributed by atoms with Gasteiger partial charge in [-0.25, -0.2) is 10.4 Å². The molecular weight excluding hydrogens is 288 g/mol. The molecule has 110 valence electrons. The average molecular weight is 305 g/mol. The molecule has 2 heterocycles. The van der Waals surface area contributed by atoms with E-state index in [0.29, 0.717) is 22.4 Å². The first-order valence-electron chi connectivity index (χ1n) is 6.82. The van der Waals surface area contributed by atoms with Crippen molar-refractivity contribution in [1.29, 1.82) is 0 Å². The molecular formula is C15H17ClN4O. The first-order valence-corrected chi connectivity index (χ1v) is 7.20. The van der Waals surface area contributed by atoms with E-state index in [1.807, 2.05) is 17.3 Å². The number of phenolic OH excluding ortho intramolecular Hbond substituents is 1. The van der Waals surface area contributed by atoms with Crippen LogP contribution in [0.4, 0.5) is 5.82 Å². The van der Waals surface area contributed by atoms with E-state index in [9.17, 15) is 5.11 Å². The molecule has 1 aromatic carbocycles. The molecule has 1 aliphatic rings. The average Bonchev–Trinajstić information content (AvgIpc) is 2.85. The van der Waals surface area contributed by atoms with Gasteiger partial charge in [0.25, 0.3) is 0 Å². The summed E-state index contributed by atoms with van der Waals surface area (Å²) in [5, 5.41) is 16.2. The molecule has 3 N–H and O–H groups in total. The highest BCUT2D eigenvalue weighted by Gasteiger charge is 2.18. The molecule has 3 rings (SSSR count). The number of pyridine rings is 1. The first kappa shape index (κ1) is 14.1. The lowest BCUT2D eigenvalue weighted by molar-refractivity contribution is 0.471. The Labute approximate surface area is 128 Å². The molecule has 21 heavy (non-hydrogen) atoms. The van der Waals surface area contributed by atoms with Gasteiger partial charge in [-0.1, -0.05) is 11.6 Å². The zero-order chi connectivity index (χ0) is 15.0. The largest absolute Gasteiger partial charge is 0.508 e. The van der Waals surface area contributed by atoms with Gasteiger partial charge < -0.3 is 5.11 Å². The van der Waals surface area contributed by atoms with Crippen LogP contribution in [0.25, 0.3) is 10.9 Å². The minimum atomic E-state index is 0.0606. The molecule has 1 unspecified atom stereocenters. The number of aromatic hydroxyl groups is 1. The summed E-state index contributed by atoms with van der Waals surface area (Å²) >= 11 is 6.30. The summed E-state index contributed by atoms with van der Waals surface area (Å²) in [6.07, 6.45) is 3.99. The van der Waals surface area contributed by atoms with Gasteiger partial charge in [0, 0.05) is 29.8 Å². The molecule has 1 atom stereocenters. The highest BCUT2D eigenvalue weighted by atomic mass is 35.5. The van der Waals surface area contributed by atoms with Crippen molar-refractivity contribution in [1.82, 2.24) is 15.7 Å². The number of fused-ring (bicyclic) bond motifs is 1. The van der Waals surface area contributed by atoms with Crippen LogP contribution < -0.4 is 15.8 Å². The van der Waals surface area contributed by atoms with Crippen LogP contribution in [0.1, 0.15) is 13.8 Å². The van der Waals surface area contributed by atoms with Crippen molar-refractivity contribution in [2.24, 2.45) is 0 Å². The normalized spacial score (nSPS) is 18.1. The molecule has 0 saturated heterocycles. The maximum atomic E-state index is 9.58. The number of phenols is 1. The molecule has 0 saturated carbocycles. The van der Waals surface area contributed by atoms with Gasteiger partial charge >= 0.3 is 0 Å². The minimum Gasteiger partial charge on any atom is -0.508 e. The van der Waals surface area contributed by atoms with Crippen LogP contribution in [0.3, 0.4) is 0 Å². The summed E-state index contributed by atoms with van der Waals surface area (Å²) in [5.41, 5.74) is 3.93. The summed E-state index contributed by atoms with van der Waals surface area (Å²) in [7, 11) is 0. The monoisotopic (exact) mass is 304 g/mol. The molecule has 5 nitrogen and oxygen atoms in total. The summed E-state index contributed by atoms with van der Waals surface area (Å²) < 4.78 is 0. The van der Waals surface area contributed by atoms with Gasteiger partial charge in [0.1, 0.15) is 11.6 Å². The second-order valence-electron chi connectivity index (χ2n) is 5.30. The number of benzene rings is 1. The molecule has 1 aromatic heterocycles. The Kier molecular flexibility index (Phi) is 3.71. The van der Waals surface area contributed by atoms with E-state index in [-0.39, 0.29) is 11.9 Å². The third-order valence-corrected chi connectivity index (χ3v) is 3.51. The number of hydrazine groups is 1. The predicted molar refractivity (Wildman–Crippen MR) is 85.2 cm³/mol. The molecule has 0 aliphatic carbocycles. The molecule has 0 radical (unpaired) electrons. The summed E-state index contributed by atoms with van der Waals surface area (Å²) in [5.74, 6) is 0.856. The fraction of sp³-hybridized carbons (Fsp3) is 0.267. The Hall–Kier alpha value is -1.82. The van der Waals surface area contributed by atoms with E-state index in [4.69, 9.17) is 11.6 Å². The number of nitrogens with one attached hydrogen (secondary N) is 2. The molecule has 0 amide bonds. The van der Waals surface area contributed by atoms with Gasteiger partial charge in [-0.2, -0.15) is 0 Å². The third kappa shape index (κ3) is 2.95. The fourth-order valence-corrected chi connectivity index (χ4v) is 2.54. The number of halogens is 1. The maximum absolute atomic E-state index is 9.58. The van der Waals surface area contributed by atoms with Gasteiger partial charge in [0.05, 0.1) is 16.7 Å². The number of anilines is 1. The van der Waals surface area contributed by atoms with Crippen LogP contribution in [0, 0.1) is 0 Å². The highest BCUT2D eigenvalue weighted by Crippen LogP contribution is 2.29. The first-order chi connectivity index (χ1) is 10.0. The summed E-state index contributed by atoms with van der Waals surface area (Å²) in [4.78, 5) is 4.53. The number of hydrogen-bond acceptors (Lipinski definition) is 5. The topological polar surface area (TPSA) is 60.4 Å². The van der Waals surface area contributed by atoms with Gasteiger partial charge in [-0.3, -0.25) is 10.3 Å². The van der Waals surface area contributed by atoms with Crippen molar-refractivity contribution in [3.05, 3.63) is 41.6 Å². The molecule has 1 aliphatic heterocycles. The zero-order valence-corrected chi connectivity index (χ0v) is 12.6. The van der Waals surface area contributed by atoms with Crippen LogP contribution in [0.15, 0.2) is 36.5 Å². The van der Waals surface area contributed by atoms with E-state index < -0.39 is 0 Å². The third-order valence-electron chi connectivity index (χ3n) is 3.19. The molecule has 2 aromatic rings. The second-order valence-corrected chi connectivity index (χ2v) is 5.71. The van der Waals surface area contributed by atoms with Crippen molar-refractivity contribution in [3.63, 3.8) is 0 Å². The van der Waals surface area contributed by atoms with E-state index in [1.54, 1.807) is 24.3 Å². The Bertz CT molecular complexity index is 701. The van der Waals surface area contributed by atoms with Gasteiger partial charge in [-0.15, -0.1) is 0 Å². The summed E-state index contributed by atoms with van der Waals surface area (Å²) in [6, 6.07) is 7.15. The Morgan fingerprint density at radius 2 is 2.19 bits per heavy atom. The quantitative estimate of drug-likeness (QED) is 0.814. The molecule has 0 spiro atoms. The minimum absolute atomic E-state index is 0.0606. The molecule has 0 bridgehead atoms. The zero-order valence-electron chi connectivity index (χ0n) is 11.8. The highest BCUT2D eigenvalue weighted by molar-refractivity contribution is 6.35.